The minimum absolute atomic E-state index is 0.0529. The summed E-state index contributed by atoms with van der Waals surface area (Å²) in [5.41, 5.74) is 2.41. The molecule has 7 nitrogen and oxygen atoms in total. The van der Waals surface area contributed by atoms with Gasteiger partial charge in [-0.25, -0.2) is 4.98 Å². The molecule has 4 aromatic rings. The van der Waals surface area contributed by atoms with Crippen LogP contribution in [-0.4, -0.2) is 22.9 Å². The summed E-state index contributed by atoms with van der Waals surface area (Å²) in [7, 11) is 1.41. The van der Waals surface area contributed by atoms with Gasteiger partial charge in [-0.3, -0.25) is 14.9 Å². The van der Waals surface area contributed by atoms with Crippen LogP contribution in [-0.2, 0) is 0 Å². The molecule has 33 heavy (non-hydrogen) atoms. The highest BCUT2D eigenvalue weighted by atomic mass is 35.5. The van der Waals surface area contributed by atoms with E-state index in [1.807, 2.05) is 6.07 Å². The number of para-hydroxylation sites is 1. The van der Waals surface area contributed by atoms with Crippen LogP contribution >= 0.6 is 23.2 Å². The molecule has 0 fully saturated rings. The van der Waals surface area contributed by atoms with E-state index in [1.165, 1.54) is 19.2 Å². The van der Waals surface area contributed by atoms with E-state index in [1.54, 1.807) is 49.4 Å². The van der Waals surface area contributed by atoms with E-state index in [4.69, 9.17) is 32.9 Å². The van der Waals surface area contributed by atoms with E-state index in [0.717, 1.165) is 0 Å². The van der Waals surface area contributed by atoms with Gasteiger partial charge in [0.25, 0.3) is 11.6 Å². The zero-order valence-electron chi connectivity index (χ0n) is 17.6. The summed E-state index contributed by atoms with van der Waals surface area (Å²) in [6.07, 6.45) is 0. The first kappa shape index (κ1) is 22.5. The standard InChI is InChI=1S/C24H17Cl2N3O4/c1-13-22(24(30)28-20-10-8-15(33-2)12-21(20)29(31)32)17-5-3-4-6-19(17)27-23(13)16-9-7-14(25)11-18(16)26/h3-12H,1-2H3,(H,28,30). The Balaban J connectivity index is 1.88. The van der Waals surface area contributed by atoms with Crippen LogP contribution in [0.15, 0.2) is 60.7 Å². The summed E-state index contributed by atoms with van der Waals surface area (Å²) in [6, 6.07) is 16.4. The van der Waals surface area contributed by atoms with E-state index in [-0.39, 0.29) is 11.4 Å². The van der Waals surface area contributed by atoms with Crippen LogP contribution in [0.1, 0.15) is 15.9 Å². The molecule has 1 heterocycles. The molecule has 0 radical (unpaired) electrons. The predicted molar refractivity (Wildman–Crippen MR) is 130 cm³/mol. The van der Waals surface area contributed by atoms with Crippen LogP contribution in [0.2, 0.25) is 10.0 Å². The number of ether oxygens (including phenoxy) is 1. The number of hydrogen-bond acceptors (Lipinski definition) is 5. The molecule has 0 atom stereocenters. The summed E-state index contributed by atoms with van der Waals surface area (Å²) < 4.78 is 5.06. The monoisotopic (exact) mass is 481 g/mol. The molecule has 0 aliphatic heterocycles. The molecule has 0 spiro atoms. The number of fused-ring (bicyclic) bond motifs is 1. The van der Waals surface area contributed by atoms with Gasteiger partial charge in [0, 0.05) is 16.0 Å². The van der Waals surface area contributed by atoms with Crippen LogP contribution in [0.25, 0.3) is 22.2 Å². The molecule has 9 heteroatoms. The summed E-state index contributed by atoms with van der Waals surface area (Å²) in [4.78, 5) is 29.2. The quantitative estimate of drug-likeness (QED) is 0.253. The Morgan fingerprint density at radius 3 is 2.55 bits per heavy atom. The number of rotatable bonds is 5. The Hall–Kier alpha value is -3.68. The highest BCUT2D eigenvalue weighted by molar-refractivity contribution is 6.36. The van der Waals surface area contributed by atoms with Gasteiger partial charge in [-0.05, 0) is 48.9 Å². The Labute approximate surface area is 199 Å². The third-order valence-electron chi connectivity index (χ3n) is 5.20. The second-order valence-electron chi connectivity index (χ2n) is 7.20. The van der Waals surface area contributed by atoms with Crippen LogP contribution in [0.4, 0.5) is 11.4 Å². The smallest absolute Gasteiger partial charge is 0.296 e. The van der Waals surface area contributed by atoms with Gasteiger partial charge in [0.2, 0.25) is 0 Å². The van der Waals surface area contributed by atoms with Crippen molar-refractivity contribution in [1.29, 1.82) is 0 Å². The molecule has 0 unspecified atom stereocenters. The average molecular weight is 482 g/mol. The zero-order valence-corrected chi connectivity index (χ0v) is 19.1. The zero-order chi connectivity index (χ0) is 23.7. The molecule has 3 aromatic carbocycles. The lowest BCUT2D eigenvalue weighted by Gasteiger charge is -2.16. The first-order valence-electron chi connectivity index (χ1n) is 9.78. The first-order valence-corrected chi connectivity index (χ1v) is 10.5. The number of hydrogen-bond donors (Lipinski definition) is 1. The van der Waals surface area contributed by atoms with Crippen molar-refractivity contribution in [1.82, 2.24) is 4.98 Å². The van der Waals surface area contributed by atoms with E-state index >= 15 is 0 Å². The van der Waals surface area contributed by atoms with Gasteiger partial charge >= 0.3 is 0 Å². The SMILES string of the molecule is COc1ccc(NC(=O)c2c(C)c(-c3ccc(Cl)cc3Cl)nc3ccccc23)c([N+](=O)[O-])c1. The Kier molecular flexibility index (Phi) is 6.18. The van der Waals surface area contributed by atoms with Crippen molar-refractivity contribution in [3.63, 3.8) is 0 Å². The lowest BCUT2D eigenvalue weighted by Crippen LogP contribution is -2.16. The fraction of sp³-hybridized carbons (Fsp3) is 0.0833. The van der Waals surface area contributed by atoms with Crippen molar-refractivity contribution in [3.05, 3.63) is 92.0 Å². The van der Waals surface area contributed by atoms with Crippen LogP contribution in [0.5, 0.6) is 5.75 Å². The van der Waals surface area contributed by atoms with Crippen molar-refractivity contribution >= 4 is 51.4 Å². The second-order valence-corrected chi connectivity index (χ2v) is 8.04. The molecular formula is C24H17Cl2N3O4. The number of nitrogens with one attached hydrogen (secondary N) is 1. The molecule has 1 N–H and O–H groups in total. The fourth-order valence-corrected chi connectivity index (χ4v) is 4.12. The largest absolute Gasteiger partial charge is 0.496 e. The van der Waals surface area contributed by atoms with Crippen molar-refractivity contribution in [2.45, 2.75) is 6.92 Å². The van der Waals surface area contributed by atoms with Gasteiger partial charge in [0.15, 0.2) is 0 Å². The number of halogens is 2. The molecular weight excluding hydrogens is 465 g/mol. The summed E-state index contributed by atoms with van der Waals surface area (Å²) in [6.45, 7) is 1.76. The maximum Gasteiger partial charge on any atom is 0.296 e. The number of carbonyl (C=O) groups is 1. The second kappa shape index (κ2) is 9.05. The summed E-state index contributed by atoms with van der Waals surface area (Å²) in [5, 5.41) is 15.7. The number of nitro groups is 1. The maximum absolute atomic E-state index is 13.5. The fourth-order valence-electron chi connectivity index (χ4n) is 3.62. The predicted octanol–water partition coefficient (Wildman–Crippen LogP) is 6.69. The molecule has 4 rings (SSSR count). The third-order valence-corrected chi connectivity index (χ3v) is 5.75. The first-order chi connectivity index (χ1) is 15.8. The van der Waals surface area contributed by atoms with Gasteiger partial charge in [0.05, 0.1) is 39.9 Å². The van der Waals surface area contributed by atoms with Crippen molar-refractivity contribution in [3.8, 4) is 17.0 Å². The van der Waals surface area contributed by atoms with Crippen LogP contribution in [0, 0.1) is 17.0 Å². The molecule has 1 aromatic heterocycles. The minimum Gasteiger partial charge on any atom is -0.496 e. The van der Waals surface area contributed by atoms with E-state index < -0.39 is 10.8 Å². The van der Waals surface area contributed by atoms with E-state index in [0.29, 0.717) is 49.1 Å². The normalized spacial score (nSPS) is 10.8. The Morgan fingerprint density at radius 2 is 1.85 bits per heavy atom. The van der Waals surface area contributed by atoms with Crippen molar-refractivity contribution < 1.29 is 14.5 Å². The van der Waals surface area contributed by atoms with Crippen LogP contribution < -0.4 is 10.1 Å². The molecule has 1 amide bonds. The third kappa shape index (κ3) is 4.33. The van der Waals surface area contributed by atoms with Gasteiger partial charge < -0.3 is 10.1 Å². The average Bonchev–Trinajstić information content (AvgIpc) is 2.79. The Morgan fingerprint density at radius 1 is 1.09 bits per heavy atom. The minimum atomic E-state index is -0.575. The molecule has 0 aliphatic carbocycles. The van der Waals surface area contributed by atoms with Gasteiger partial charge in [-0.2, -0.15) is 0 Å². The Bertz CT molecular complexity index is 1420. The topological polar surface area (TPSA) is 94.4 Å². The molecule has 0 aliphatic rings. The highest BCUT2D eigenvalue weighted by Crippen LogP contribution is 2.36. The summed E-state index contributed by atoms with van der Waals surface area (Å²) in [5.74, 6) is -0.199. The number of pyridine rings is 1. The van der Waals surface area contributed by atoms with Gasteiger partial charge in [-0.1, -0.05) is 41.4 Å². The number of benzene rings is 3. The van der Waals surface area contributed by atoms with E-state index in [2.05, 4.69) is 5.32 Å². The lowest BCUT2D eigenvalue weighted by molar-refractivity contribution is -0.384. The highest BCUT2D eigenvalue weighted by Gasteiger charge is 2.23. The van der Waals surface area contributed by atoms with Crippen molar-refractivity contribution in [2.75, 3.05) is 12.4 Å². The molecule has 0 saturated carbocycles. The number of anilines is 1. The number of nitro benzene ring substituents is 1. The molecule has 0 bridgehead atoms. The number of nitrogens with zero attached hydrogens (tertiary/aromatic N) is 2. The van der Waals surface area contributed by atoms with E-state index in [9.17, 15) is 14.9 Å². The van der Waals surface area contributed by atoms with Crippen LogP contribution in [0.3, 0.4) is 0 Å². The van der Waals surface area contributed by atoms with Crippen molar-refractivity contribution in [2.24, 2.45) is 0 Å². The van der Waals surface area contributed by atoms with Gasteiger partial charge in [-0.15, -0.1) is 0 Å². The number of carbonyl (C=O) groups excluding carboxylic acids is 1. The summed E-state index contributed by atoms with van der Waals surface area (Å²) >= 11 is 12.5. The maximum atomic E-state index is 13.5. The number of aromatic nitrogens is 1. The molecule has 166 valence electrons. The number of methoxy groups -OCH3 is 1. The lowest BCUT2D eigenvalue weighted by atomic mass is 9.97. The number of amides is 1. The van der Waals surface area contributed by atoms with Gasteiger partial charge in [0.1, 0.15) is 11.4 Å². The molecule has 0 saturated heterocycles.